The lowest BCUT2D eigenvalue weighted by atomic mass is 10.1. The van der Waals surface area contributed by atoms with Crippen molar-refractivity contribution < 1.29 is 9.59 Å². The van der Waals surface area contributed by atoms with Crippen molar-refractivity contribution in [2.45, 2.75) is 33.1 Å². The smallest absolute Gasteiger partial charge is 0.272 e. The molecule has 32 heavy (non-hydrogen) atoms. The van der Waals surface area contributed by atoms with Gasteiger partial charge in [-0.2, -0.15) is 0 Å². The van der Waals surface area contributed by atoms with Crippen molar-refractivity contribution in [2.75, 3.05) is 5.32 Å². The third-order valence-corrected chi connectivity index (χ3v) is 5.55. The third-order valence-electron chi connectivity index (χ3n) is 5.02. The van der Waals surface area contributed by atoms with E-state index in [4.69, 9.17) is 0 Å². The highest BCUT2D eigenvalue weighted by Crippen LogP contribution is 2.16. The van der Waals surface area contributed by atoms with Crippen LogP contribution in [0.1, 0.15) is 46.8 Å². The maximum absolute atomic E-state index is 13.1. The normalized spacial score (nSPS) is 11.2. The van der Waals surface area contributed by atoms with Crippen LogP contribution in [-0.4, -0.2) is 11.8 Å². The van der Waals surface area contributed by atoms with E-state index >= 15 is 0 Å². The van der Waals surface area contributed by atoms with Crippen molar-refractivity contribution in [1.82, 2.24) is 5.32 Å². The standard InChI is InChI=1S/C27H27BrN2O2/c1-3-4-5-20-10-16-24(17-11-20)29-27(32)25(18-21-8-14-23(28)15-9-21)30-26(31)22-12-6-19(2)7-13-22/h6-18H,3-5H2,1-2H3,(H,29,32)(H,30,31). The topological polar surface area (TPSA) is 58.2 Å². The van der Waals surface area contributed by atoms with Crippen LogP contribution in [0, 0.1) is 6.92 Å². The molecule has 0 aliphatic heterocycles. The van der Waals surface area contributed by atoms with Gasteiger partial charge in [-0.25, -0.2) is 0 Å². The van der Waals surface area contributed by atoms with Crippen LogP contribution in [0.3, 0.4) is 0 Å². The van der Waals surface area contributed by atoms with Crippen molar-refractivity contribution in [3.63, 3.8) is 0 Å². The Labute approximate surface area is 197 Å². The molecule has 0 aliphatic carbocycles. The van der Waals surface area contributed by atoms with E-state index in [1.54, 1.807) is 18.2 Å². The summed E-state index contributed by atoms with van der Waals surface area (Å²) in [5, 5.41) is 5.67. The summed E-state index contributed by atoms with van der Waals surface area (Å²) in [7, 11) is 0. The van der Waals surface area contributed by atoms with Gasteiger partial charge in [-0.1, -0.05) is 71.2 Å². The Morgan fingerprint density at radius 1 is 0.906 bits per heavy atom. The van der Waals surface area contributed by atoms with Crippen LogP contribution in [0.2, 0.25) is 0 Å². The molecule has 164 valence electrons. The Kier molecular flexibility index (Phi) is 8.40. The molecule has 0 aromatic heterocycles. The average molecular weight is 491 g/mol. The molecule has 0 saturated heterocycles. The highest BCUT2D eigenvalue weighted by molar-refractivity contribution is 9.10. The molecule has 5 heteroatoms. The second-order valence-corrected chi connectivity index (χ2v) is 8.60. The van der Waals surface area contributed by atoms with E-state index in [0.29, 0.717) is 11.3 Å². The zero-order valence-electron chi connectivity index (χ0n) is 18.3. The van der Waals surface area contributed by atoms with Crippen LogP contribution >= 0.6 is 15.9 Å². The summed E-state index contributed by atoms with van der Waals surface area (Å²) in [5.74, 6) is -0.715. The Morgan fingerprint density at radius 2 is 1.56 bits per heavy atom. The number of anilines is 1. The molecule has 0 atom stereocenters. The summed E-state index contributed by atoms with van der Waals surface area (Å²) in [6.45, 7) is 4.13. The van der Waals surface area contributed by atoms with Gasteiger partial charge in [0.05, 0.1) is 0 Å². The summed E-state index contributed by atoms with van der Waals surface area (Å²) < 4.78 is 0.938. The number of carbonyl (C=O) groups excluding carboxylic acids is 2. The van der Waals surface area contributed by atoms with Gasteiger partial charge in [-0.15, -0.1) is 0 Å². The highest BCUT2D eigenvalue weighted by atomic mass is 79.9. The minimum atomic E-state index is -0.380. The van der Waals surface area contributed by atoms with Gasteiger partial charge in [0.2, 0.25) is 0 Å². The third kappa shape index (κ3) is 6.92. The average Bonchev–Trinajstić information content (AvgIpc) is 2.80. The van der Waals surface area contributed by atoms with Gasteiger partial charge in [0.1, 0.15) is 5.70 Å². The fourth-order valence-electron chi connectivity index (χ4n) is 3.12. The van der Waals surface area contributed by atoms with Crippen LogP contribution in [0.15, 0.2) is 83.0 Å². The maximum Gasteiger partial charge on any atom is 0.272 e. The van der Waals surface area contributed by atoms with E-state index in [2.05, 4.69) is 33.5 Å². The van der Waals surface area contributed by atoms with Gasteiger partial charge in [-0.3, -0.25) is 9.59 Å². The molecular weight excluding hydrogens is 464 g/mol. The lowest BCUT2D eigenvalue weighted by Crippen LogP contribution is -2.30. The monoisotopic (exact) mass is 490 g/mol. The SMILES string of the molecule is CCCCc1ccc(NC(=O)C(=Cc2ccc(Br)cc2)NC(=O)c2ccc(C)cc2)cc1. The minimum Gasteiger partial charge on any atom is -0.321 e. The van der Waals surface area contributed by atoms with E-state index in [1.807, 2.05) is 67.6 Å². The van der Waals surface area contributed by atoms with Gasteiger partial charge in [-0.05, 0) is 73.4 Å². The van der Waals surface area contributed by atoms with Crippen LogP contribution in [0.4, 0.5) is 5.69 Å². The number of hydrogen-bond donors (Lipinski definition) is 2. The molecule has 3 aromatic rings. The van der Waals surface area contributed by atoms with Crippen molar-refractivity contribution in [1.29, 1.82) is 0 Å². The Bertz CT molecular complexity index is 1090. The van der Waals surface area contributed by atoms with Gasteiger partial charge >= 0.3 is 0 Å². The molecule has 0 heterocycles. The van der Waals surface area contributed by atoms with Crippen LogP contribution in [0.25, 0.3) is 6.08 Å². The largest absolute Gasteiger partial charge is 0.321 e. The number of carbonyl (C=O) groups is 2. The number of amides is 2. The first kappa shape index (κ1) is 23.5. The predicted octanol–water partition coefficient (Wildman–Crippen LogP) is 6.51. The van der Waals surface area contributed by atoms with Gasteiger partial charge in [0.15, 0.2) is 0 Å². The number of unbranched alkanes of at least 4 members (excludes halogenated alkanes) is 1. The van der Waals surface area contributed by atoms with Crippen molar-refractivity contribution in [3.8, 4) is 0 Å². The Balaban J connectivity index is 1.80. The molecule has 0 bridgehead atoms. The molecule has 0 aliphatic rings. The number of nitrogens with one attached hydrogen (secondary N) is 2. The Morgan fingerprint density at radius 3 is 2.19 bits per heavy atom. The zero-order valence-corrected chi connectivity index (χ0v) is 19.9. The minimum absolute atomic E-state index is 0.174. The summed E-state index contributed by atoms with van der Waals surface area (Å²) >= 11 is 3.41. The van der Waals surface area contributed by atoms with Gasteiger partial charge in [0.25, 0.3) is 11.8 Å². The first-order valence-corrected chi connectivity index (χ1v) is 11.5. The van der Waals surface area contributed by atoms with Crippen LogP contribution in [0.5, 0.6) is 0 Å². The highest BCUT2D eigenvalue weighted by Gasteiger charge is 2.15. The maximum atomic E-state index is 13.1. The van der Waals surface area contributed by atoms with E-state index in [9.17, 15) is 9.59 Å². The van der Waals surface area contributed by atoms with Crippen molar-refractivity contribution >= 4 is 39.5 Å². The lowest BCUT2D eigenvalue weighted by molar-refractivity contribution is -0.113. The zero-order chi connectivity index (χ0) is 22.9. The second kappa shape index (κ2) is 11.4. The van der Waals surface area contributed by atoms with Crippen LogP contribution in [-0.2, 0) is 11.2 Å². The fourth-order valence-corrected chi connectivity index (χ4v) is 3.38. The van der Waals surface area contributed by atoms with Crippen molar-refractivity contribution in [2.24, 2.45) is 0 Å². The molecule has 2 amide bonds. The lowest BCUT2D eigenvalue weighted by Gasteiger charge is -2.12. The quantitative estimate of drug-likeness (QED) is 0.353. The Hall–Kier alpha value is -3.18. The molecule has 3 rings (SSSR count). The van der Waals surface area contributed by atoms with Gasteiger partial charge < -0.3 is 10.6 Å². The molecule has 3 aromatic carbocycles. The number of hydrogen-bond acceptors (Lipinski definition) is 2. The summed E-state index contributed by atoms with van der Waals surface area (Å²) in [4.78, 5) is 25.8. The van der Waals surface area contributed by atoms with Crippen LogP contribution < -0.4 is 10.6 Å². The molecule has 2 N–H and O–H groups in total. The number of halogens is 1. The first-order chi connectivity index (χ1) is 15.4. The van der Waals surface area contributed by atoms with Gasteiger partial charge in [0, 0.05) is 15.7 Å². The van der Waals surface area contributed by atoms with E-state index in [-0.39, 0.29) is 17.5 Å². The molecule has 0 unspecified atom stereocenters. The predicted molar refractivity (Wildman–Crippen MR) is 134 cm³/mol. The number of rotatable bonds is 8. The second-order valence-electron chi connectivity index (χ2n) is 7.68. The first-order valence-electron chi connectivity index (χ1n) is 10.7. The molecule has 0 saturated carbocycles. The fraction of sp³-hybridized carbons (Fsp3) is 0.185. The summed E-state index contributed by atoms with van der Waals surface area (Å²) in [5.41, 5.74) is 4.45. The molecule has 4 nitrogen and oxygen atoms in total. The van der Waals surface area contributed by atoms with Crippen molar-refractivity contribution in [3.05, 3.63) is 105 Å². The van der Waals surface area contributed by atoms with E-state index in [1.165, 1.54) is 5.56 Å². The summed E-state index contributed by atoms with van der Waals surface area (Å²) in [6.07, 6.45) is 4.97. The van der Waals surface area contributed by atoms with E-state index < -0.39 is 0 Å². The molecule has 0 fully saturated rings. The van der Waals surface area contributed by atoms with E-state index in [0.717, 1.165) is 34.9 Å². The molecule has 0 spiro atoms. The summed E-state index contributed by atoms with van der Waals surface area (Å²) in [6, 6.07) is 22.6. The number of benzene rings is 3. The number of aryl methyl sites for hydroxylation is 2. The molecular formula is C27H27BrN2O2. The molecule has 0 radical (unpaired) electrons.